The molecule has 0 aliphatic carbocycles. The molecule has 0 fully saturated rings. The van der Waals surface area contributed by atoms with Crippen LogP contribution in [0.4, 0.5) is 15.8 Å². The summed E-state index contributed by atoms with van der Waals surface area (Å²) in [5.74, 6) is -1.83. The van der Waals surface area contributed by atoms with E-state index in [0.717, 1.165) is 16.0 Å². The van der Waals surface area contributed by atoms with Crippen LogP contribution in [0.1, 0.15) is 26.7 Å². The SMILES string of the molecule is O=C(Nc1ccc(SC(C(=O)Nc2ccc(Br)cc2F)c2ccccc2)cc1)/C(=C/c1ccccc1)NC(=O)c1ccccc1. The van der Waals surface area contributed by atoms with Gasteiger partial charge in [-0.25, -0.2) is 4.39 Å². The molecule has 5 rings (SSSR count). The molecule has 0 saturated carbocycles. The molecule has 0 radical (unpaired) electrons. The first-order valence-electron chi connectivity index (χ1n) is 13.9. The zero-order valence-electron chi connectivity index (χ0n) is 23.7. The van der Waals surface area contributed by atoms with Crippen molar-refractivity contribution in [3.05, 3.63) is 166 Å². The zero-order chi connectivity index (χ0) is 31.6. The zero-order valence-corrected chi connectivity index (χ0v) is 26.1. The molecular formula is C36H27BrFN3O3S. The summed E-state index contributed by atoms with van der Waals surface area (Å²) >= 11 is 4.53. The predicted molar refractivity (Wildman–Crippen MR) is 181 cm³/mol. The van der Waals surface area contributed by atoms with E-state index in [1.165, 1.54) is 23.9 Å². The summed E-state index contributed by atoms with van der Waals surface area (Å²) in [6, 6.07) is 38.5. The highest BCUT2D eigenvalue weighted by Crippen LogP contribution is 2.37. The van der Waals surface area contributed by atoms with Crippen LogP contribution in [0, 0.1) is 5.82 Å². The lowest BCUT2D eigenvalue weighted by atomic mass is 10.1. The van der Waals surface area contributed by atoms with E-state index in [9.17, 15) is 18.8 Å². The van der Waals surface area contributed by atoms with E-state index in [0.29, 0.717) is 15.7 Å². The van der Waals surface area contributed by atoms with Crippen LogP contribution in [0.15, 0.2) is 149 Å². The Morgan fingerprint density at radius 1 is 0.733 bits per heavy atom. The van der Waals surface area contributed by atoms with Gasteiger partial charge in [0.25, 0.3) is 11.8 Å². The Hall–Kier alpha value is -4.99. The molecule has 6 nitrogen and oxygen atoms in total. The molecule has 3 amide bonds. The largest absolute Gasteiger partial charge is 0.322 e. The van der Waals surface area contributed by atoms with Crippen molar-refractivity contribution in [1.29, 1.82) is 0 Å². The van der Waals surface area contributed by atoms with Crippen molar-refractivity contribution in [3.63, 3.8) is 0 Å². The van der Waals surface area contributed by atoms with Crippen LogP contribution in [0.25, 0.3) is 6.08 Å². The maximum Gasteiger partial charge on any atom is 0.272 e. The van der Waals surface area contributed by atoms with Crippen molar-refractivity contribution < 1.29 is 18.8 Å². The van der Waals surface area contributed by atoms with Crippen molar-refractivity contribution >= 4 is 62.9 Å². The van der Waals surface area contributed by atoms with E-state index in [2.05, 4.69) is 31.9 Å². The molecular weight excluding hydrogens is 653 g/mol. The highest BCUT2D eigenvalue weighted by Gasteiger charge is 2.23. The molecule has 0 aromatic heterocycles. The Morgan fingerprint density at radius 3 is 2.00 bits per heavy atom. The number of anilines is 2. The first-order valence-corrected chi connectivity index (χ1v) is 15.5. The van der Waals surface area contributed by atoms with Gasteiger partial charge in [-0.3, -0.25) is 14.4 Å². The minimum Gasteiger partial charge on any atom is -0.322 e. The van der Waals surface area contributed by atoms with Crippen LogP contribution >= 0.6 is 27.7 Å². The molecule has 45 heavy (non-hydrogen) atoms. The third kappa shape index (κ3) is 8.78. The lowest BCUT2D eigenvalue weighted by Gasteiger charge is -2.18. The number of rotatable bonds is 10. The fraction of sp³-hybridized carbons (Fsp3) is 0.0278. The summed E-state index contributed by atoms with van der Waals surface area (Å²) < 4.78 is 15.0. The number of amides is 3. The highest BCUT2D eigenvalue weighted by atomic mass is 79.9. The molecule has 0 bridgehead atoms. The molecule has 0 aliphatic heterocycles. The van der Waals surface area contributed by atoms with Gasteiger partial charge in [-0.05, 0) is 71.8 Å². The standard InChI is InChI=1S/C36H27BrFN3O3S/c37-27-16-21-31(30(38)23-27)40-36(44)33(25-12-6-2-7-13-25)45-29-19-17-28(18-20-29)39-35(43)32(22-24-10-4-1-5-11-24)41-34(42)26-14-8-3-9-15-26/h1-23,33H,(H,39,43)(H,40,44)(H,41,42)/b32-22-. The molecule has 3 N–H and O–H groups in total. The second kappa shape index (κ2) is 15.1. The van der Waals surface area contributed by atoms with Crippen molar-refractivity contribution in [2.75, 3.05) is 10.6 Å². The second-order valence-electron chi connectivity index (χ2n) is 9.79. The summed E-state index contributed by atoms with van der Waals surface area (Å²) in [4.78, 5) is 40.4. The van der Waals surface area contributed by atoms with E-state index < -0.39 is 22.9 Å². The van der Waals surface area contributed by atoms with Crippen LogP contribution in [0.2, 0.25) is 0 Å². The summed E-state index contributed by atoms with van der Waals surface area (Å²) in [5, 5.41) is 7.59. The summed E-state index contributed by atoms with van der Waals surface area (Å²) in [6.07, 6.45) is 1.61. The van der Waals surface area contributed by atoms with Gasteiger partial charge in [-0.15, -0.1) is 11.8 Å². The van der Waals surface area contributed by atoms with Crippen LogP contribution in [-0.2, 0) is 9.59 Å². The van der Waals surface area contributed by atoms with Gasteiger partial charge in [0.2, 0.25) is 5.91 Å². The lowest BCUT2D eigenvalue weighted by molar-refractivity contribution is -0.116. The van der Waals surface area contributed by atoms with Crippen LogP contribution in [0.5, 0.6) is 0 Å². The average Bonchev–Trinajstić information content (AvgIpc) is 3.06. The number of carbonyl (C=O) groups is 3. The third-order valence-electron chi connectivity index (χ3n) is 6.53. The first kappa shape index (κ1) is 31.4. The fourth-order valence-corrected chi connectivity index (χ4v) is 5.66. The number of benzene rings is 5. The van der Waals surface area contributed by atoms with E-state index in [1.807, 2.05) is 66.7 Å². The Bertz CT molecular complexity index is 1820. The monoisotopic (exact) mass is 679 g/mol. The van der Waals surface area contributed by atoms with Gasteiger partial charge < -0.3 is 16.0 Å². The van der Waals surface area contributed by atoms with Crippen molar-refractivity contribution in [2.24, 2.45) is 0 Å². The molecule has 0 aliphatic rings. The normalized spacial score (nSPS) is 11.7. The predicted octanol–water partition coefficient (Wildman–Crippen LogP) is 8.47. The fourth-order valence-electron chi connectivity index (χ4n) is 4.30. The summed E-state index contributed by atoms with van der Waals surface area (Å²) in [5.41, 5.74) is 2.58. The minimum atomic E-state index is -0.678. The summed E-state index contributed by atoms with van der Waals surface area (Å²) in [7, 11) is 0. The molecule has 0 heterocycles. The number of halogens is 2. The van der Waals surface area contributed by atoms with Gasteiger partial charge in [0.05, 0.1) is 5.69 Å². The number of hydrogen-bond acceptors (Lipinski definition) is 4. The molecule has 5 aromatic carbocycles. The number of hydrogen-bond donors (Lipinski definition) is 3. The second-order valence-corrected chi connectivity index (χ2v) is 11.9. The number of nitrogens with one attached hydrogen (secondary N) is 3. The van der Waals surface area contributed by atoms with Crippen molar-refractivity contribution in [3.8, 4) is 0 Å². The molecule has 5 aromatic rings. The average molecular weight is 681 g/mol. The van der Waals surface area contributed by atoms with E-state index in [1.54, 1.807) is 60.7 Å². The Kier molecular flexibility index (Phi) is 10.6. The quantitative estimate of drug-likeness (QED) is 0.102. The lowest BCUT2D eigenvalue weighted by Crippen LogP contribution is -2.30. The molecule has 1 atom stereocenters. The van der Waals surface area contributed by atoms with E-state index in [-0.39, 0.29) is 17.3 Å². The van der Waals surface area contributed by atoms with E-state index >= 15 is 0 Å². The third-order valence-corrected chi connectivity index (χ3v) is 8.29. The van der Waals surface area contributed by atoms with Gasteiger partial charge in [0.1, 0.15) is 16.8 Å². The van der Waals surface area contributed by atoms with Gasteiger partial charge in [0.15, 0.2) is 0 Å². The van der Waals surface area contributed by atoms with Crippen molar-refractivity contribution in [1.82, 2.24) is 5.32 Å². The molecule has 224 valence electrons. The maximum absolute atomic E-state index is 14.5. The minimum absolute atomic E-state index is 0.0782. The molecule has 0 saturated heterocycles. The van der Waals surface area contributed by atoms with Crippen molar-refractivity contribution in [2.45, 2.75) is 10.1 Å². The van der Waals surface area contributed by atoms with Gasteiger partial charge in [-0.2, -0.15) is 0 Å². The molecule has 0 spiro atoms. The molecule has 9 heteroatoms. The van der Waals surface area contributed by atoms with Gasteiger partial charge >= 0.3 is 0 Å². The van der Waals surface area contributed by atoms with Gasteiger partial charge in [-0.1, -0.05) is 94.8 Å². The molecule has 1 unspecified atom stereocenters. The van der Waals surface area contributed by atoms with Crippen LogP contribution in [-0.4, -0.2) is 17.7 Å². The maximum atomic E-state index is 14.5. The Balaban J connectivity index is 1.32. The summed E-state index contributed by atoms with van der Waals surface area (Å²) in [6.45, 7) is 0. The first-order chi connectivity index (χ1) is 21.9. The van der Waals surface area contributed by atoms with Gasteiger partial charge in [0, 0.05) is 20.6 Å². The van der Waals surface area contributed by atoms with E-state index in [4.69, 9.17) is 0 Å². The highest BCUT2D eigenvalue weighted by molar-refractivity contribution is 9.10. The van der Waals surface area contributed by atoms with Crippen LogP contribution < -0.4 is 16.0 Å². The smallest absolute Gasteiger partial charge is 0.272 e. The van der Waals surface area contributed by atoms with Crippen LogP contribution in [0.3, 0.4) is 0 Å². The Morgan fingerprint density at radius 2 is 1.36 bits per heavy atom. The Labute approximate surface area is 272 Å². The number of carbonyl (C=O) groups excluding carboxylic acids is 3. The topological polar surface area (TPSA) is 87.3 Å². The number of thioether (sulfide) groups is 1.